The standard InChI is InChI=1S/C26H29N5O4/c1-19-12-13-23(35-19)25(26(33)27-15-17-34-2)30(16-14-20-8-4-3-5-9-20)24(32)18-31-22-11-7-6-10-21(22)28-29-31/h3-13,25H,14-18H2,1-2H3,(H,27,33)/t25-/m1/s1. The van der Waals surface area contributed by atoms with Gasteiger partial charge in [0.2, 0.25) is 5.91 Å². The molecule has 0 radical (unpaired) electrons. The first-order chi connectivity index (χ1) is 17.1. The Kier molecular flexibility index (Phi) is 7.89. The molecule has 0 fully saturated rings. The van der Waals surface area contributed by atoms with E-state index in [0.29, 0.717) is 43.2 Å². The highest BCUT2D eigenvalue weighted by Gasteiger charge is 2.34. The Balaban J connectivity index is 1.65. The molecule has 0 aliphatic heterocycles. The highest BCUT2D eigenvalue weighted by molar-refractivity contribution is 5.88. The molecule has 0 saturated carbocycles. The molecule has 0 saturated heterocycles. The second kappa shape index (κ2) is 11.4. The van der Waals surface area contributed by atoms with Gasteiger partial charge >= 0.3 is 0 Å². The van der Waals surface area contributed by atoms with Crippen LogP contribution in [0.5, 0.6) is 0 Å². The Labute approximate surface area is 203 Å². The van der Waals surface area contributed by atoms with Crippen LogP contribution < -0.4 is 5.32 Å². The van der Waals surface area contributed by atoms with Crippen molar-refractivity contribution in [3.8, 4) is 0 Å². The molecule has 1 atom stereocenters. The van der Waals surface area contributed by atoms with Crippen LogP contribution in [0.3, 0.4) is 0 Å². The average Bonchev–Trinajstić information content (AvgIpc) is 3.48. The number of ether oxygens (including phenoxy) is 1. The number of nitrogens with zero attached hydrogens (tertiary/aromatic N) is 4. The summed E-state index contributed by atoms with van der Waals surface area (Å²) < 4.78 is 12.5. The van der Waals surface area contributed by atoms with Crippen molar-refractivity contribution in [3.63, 3.8) is 0 Å². The number of amides is 2. The largest absolute Gasteiger partial charge is 0.464 e. The van der Waals surface area contributed by atoms with E-state index in [-0.39, 0.29) is 18.4 Å². The van der Waals surface area contributed by atoms with Gasteiger partial charge in [0, 0.05) is 20.2 Å². The molecule has 0 aliphatic rings. The first kappa shape index (κ1) is 24.2. The van der Waals surface area contributed by atoms with Crippen molar-refractivity contribution < 1.29 is 18.7 Å². The fourth-order valence-electron chi connectivity index (χ4n) is 3.94. The lowest BCUT2D eigenvalue weighted by atomic mass is 10.1. The summed E-state index contributed by atoms with van der Waals surface area (Å²) in [6.07, 6.45) is 0.576. The third-order valence-corrected chi connectivity index (χ3v) is 5.71. The molecular weight excluding hydrogens is 446 g/mol. The normalized spacial score (nSPS) is 11.9. The molecule has 9 heteroatoms. The number of fused-ring (bicyclic) bond motifs is 1. The van der Waals surface area contributed by atoms with Gasteiger partial charge in [-0.15, -0.1) is 5.10 Å². The van der Waals surface area contributed by atoms with Crippen molar-refractivity contribution in [1.29, 1.82) is 0 Å². The van der Waals surface area contributed by atoms with Crippen molar-refractivity contribution in [2.24, 2.45) is 0 Å². The smallest absolute Gasteiger partial charge is 0.250 e. The Morgan fingerprint density at radius 2 is 1.86 bits per heavy atom. The van der Waals surface area contributed by atoms with E-state index >= 15 is 0 Å². The molecule has 0 spiro atoms. The Morgan fingerprint density at radius 1 is 1.09 bits per heavy atom. The van der Waals surface area contributed by atoms with Crippen molar-refractivity contribution in [2.45, 2.75) is 25.9 Å². The Hall–Kier alpha value is -3.98. The van der Waals surface area contributed by atoms with Gasteiger partial charge in [-0.1, -0.05) is 47.7 Å². The molecule has 0 unspecified atom stereocenters. The SMILES string of the molecule is COCCNC(=O)[C@@H](c1ccc(C)o1)N(CCc1ccccc1)C(=O)Cn1nnc2ccccc21. The molecule has 2 aromatic carbocycles. The summed E-state index contributed by atoms with van der Waals surface area (Å²) in [5.41, 5.74) is 2.51. The van der Waals surface area contributed by atoms with E-state index in [1.165, 1.54) is 0 Å². The second-order valence-corrected chi connectivity index (χ2v) is 8.19. The number of rotatable bonds is 11. The minimum atomic E-state index is -0.938. The van der Waals surface area contributed by atoms with Gasteiger partial charge in [0.15, 0.2) is 6.04 Å². The zero-order valence-corrected chi connectivity index (χ0v) is 19.9. The Morgan fingerprint density at radius 3 is 2.60 bits per heavy atom. The van der Waals surface area contributed by atoms with Gasteiger partial charge in [0.05, 0.1) is 12.1 Å². The Bertz CT molecular complexity index is 1270. The number of nitrogens with one attached hydrogen (secondary N) is 1. The van der Waals surface area contributed by atoms with Gasteiger partial charge < -0.3 is 19.4 Å². The van der Waals surface area contributed by atoms with E-state index in [1.807, 2.05) is 54.6 Å². The summed E-state index contributed by atoms with van der Waals surface area (Å²) in [7, 11) is 1.57. The topological polar surface area (TPSA) is 102 Å². The summed E-state index contributed by atoms with van der Waals surface area (Å²) in [6.45, 7) is 2.74. The average molecular weight is 476 g/mol. The van der Waals surface area contributed by atoms with Gasteiger partial charge in [-0.3, -0.25) is 9.59 Å². The van der Waals surface area contributed by atoms with Crippen molar-refractivity contribution in [3.05, 3.63) is 83.8 Å². The third-order valence-electron chi connectivity index (χ3n) is 5.71. The zero-order valence-electron chi connectivity index (χ0n) is 19.9. The predicted octanol–water partition coefficient (Wildman–Crippen LogP) is 2.91. The number of benzene rings is 2. The molecule has 1 N–H and O–H groups in total. The maximum atomic E-state index is 13.7. The van der Waals surface area contributed by atoms with E-state index in [1.54, 1.807) is 35.7 Å². The van der Waals surface area contributed by atoms with Crippen LogP contribution in [0.1, 0.15) is 23.1 Å². The summed E-state index contributed by atoms with van der Waals surface area (Å²) in [4.78, 5) is 28.6. The highest BCUT2D eigenvalue weighted by Crippen LogP contribution is 2.25. The monoisotopic (exact) mass is 475 g/mol. The lowest BCUT2D eigenvalue weighted by molar-refractivity contribution is -0.142. The quantitative estimate of drug-likeness (QED) is 0.335. The maximum Gasteiger partial charge on any atom is 0.250 e. The van der Waals surface area contributed by atoms with Crippen molar-refractivity contribution in [2.75, 3.05) is 26.8 Å². The van der Waals surface area contributed by atoms with Crippen LogP contribution in [-0.4, -0.2) is 58.5 Å². The molecule has 2 aromatic heterocycles. The number of aromatic nitrogens is 3. The molecular formula is C26H29N5O4. The zero-order chi connectivity index (χ0) is 24.6. The minimum absolute atomic E-state index is 0.0587. The first-order valence-electron chi connectivity index (χ1n) is 11.5. The second-order valence-electron chi connectivity index (χ2n) is 8.19. The molecule has 0 bridgehead atoms. The maximum absolute atomic E-state index is 13.7. The number of aryl methyl sites for hydroxylation is 1. The first-order valence-corrected chi connectivity index (χ1v) is 11.5. The van der Waals surface area contributed by atoms with E-state index in [0.717, 1.165) is 11.1 Å². The van der Waals surface area contributed by atoms with Crippen molar-refractivity contribution >= 4 is 22.8 Å². The number of carbonyl (C=O) groups is 2. The van der Waals surface area contributed by atoms with E-state index in [4.69, 9.17) is 9.15 Å². The fourth-order valence-corrected chi connectivity index (χ4v) is 3.94. The van der Waals surface area contributed by atoms with Crippen LogP contribution in [0.25, 0.3) is 11.0 Å². The van der Waals surface area contributed by atoms with Crippen LogP contribution in [-0.2, 0) is 27.3 Å². The number of para-hydroxylation sites is 1. The van der Waals surface area contributed by atoms with Crippen molar-refractivity contribution in [1.82, 2.24) is 25.2 Å². The van der Waals surface area contributed by atoms with Crippen LogP contribution >= 0.6 is 0 Å². The predicted molar refractivity (Wildman–Crippen MR) is 130 cm³/mol. The molecule has 182 valence electrons. The molecule has 2 heterocycles. The molecule has 2 amide bonds. The number of methoxy groups -OCH3 is 1. The van der Waals surface area contributed by atoms with Gasteiger partial charge in [0.25, 0.3) is 5.91 Å². The summed E-state index contributed by atoms with van der Waals surface area (Å²) in [6, 6.07) is 19.9. The number of carbonyl (C=O) groups excluding carboxylic acids is 2. The van der Waals surface area contributed by atoms with E-state index < -0.39 is 6.04 Å². The summed E-state index contributed by atoms with van der Waals surface area (Å²) in [5.74, 6) is 0.466. The van der Waals surface area contributed by atoms with Crippen LogP contribution in [0.2, 0.25) is 0 Å². The van der Waals surface area contributed by atoms with Gasteiger partial charge in [0.1, 0.15) is 23.6 Å². The number of hydrogen-bond donors (Lipinski definition) is 1. The number of furan rings is 1. The molecule has 9 nitrogen and oxygen atoms in total. The number of hydrogen-bond acceptors (Lipinski definition) is 6. The summed E-state index contributed by atoms with van der Waals surface area (Å²) in [5, 5.41) is 11.2. The molecule has 4 aromatic rings. The van der Waals surface area contributed by atoms with E-state index in [9.17, 15) is 9.59 Å². The molecule has 35 heavy (non-hydrogen) atoms. The third kappa shape index (κ3) is 5.93. The molecule has 4 rings (SSSR count). The highest BCUT2D eigenvalue weighted by atomic mass is 16.5. The van der Waals surface area contributed by atoms with Gasteiger partial charge in [-0.25, -0.2) is 4.68 Å². The van der Waals surface area contributed by atoms with Crippen LogP contribution in [0.15, 0.2) is 71.1 Å². The van der Waals surface area contributed by atoms with Crippen LogP contribution in [0, 0.1) is 6.92 Å². The lowest BCUT2D eigenvalue weighted by Gasteiger charge is -2.30. The fraction of sp³-hybridized carbons (Fsp3) is 0.308. The lowest BCUT2D eigenvalue weighted by Crippen LogP contribution is -2.46. The van der Waals surface area contributed by atoms with Gasteiger partial charge in [-0.05, 0) is 43.2 Å². The van der Waals surface area contributed by atoms with E-state index in [2.05, 4.69) is 15.6 Å². The molecule has 0 aliphatic carbocycles. The van der Waals surface area contributed by atoms with Crippen LogP contribution in [0.4, 0.5) is 0 Å². The summed E-state index contributed by atoms with van der Waals surface area (Å²) >= 11 is 0. The minimum Gasteiger partial charge on any atom is -0.464 e. The van der Waals surface area contributed by atoms with Gasteiger partial charge in [-0.2, -0.15) is 0 Å².